The number of benzene rings is 2. The van der Waals surface area contributed by atoms with Crippen molar-refractivity contribution < 1.29 is 28.9 Å². The lowest BCUT2D eigenvalue weighted by Gasteiger charge is -2.33. The Labute approximate surface area is 258 Å². The van der Waals surface area contributed by atoms with Gasteiger partial charge in [0, 0.05) is 35.0 Å². The number of piperidine rings is 1. The van der Waals surface area contributed by atoms with Crippen LogP contribution in [0.5, 0.6) is 0 Å². The Balaban J connectivity index is 1.48. The molecule has 2 amide bonds. The van der Waals surface area contributed by atoms with Crippen LogP contribution in [0.2, 0.25) is 0 Å². The number of rotatable bonds is 7. The van der Waals surface area contributed by atoms with Gasteiger partial charge in [-0.25, -0.2) is 14.0 Å². The number of hydrogen-bond donors (Lipinski definition) is 3. The van der Waals surface area contributed by atoms with Crippen LogP contribution in [-0.2, 0) is 11.3 Å². The molecule has 3 N–H and O–H groups in total. The maximum absolute atomic E-state index is 14.7. The number of aliphatic hydroxyl groups is 2. The first-order valence-corrected chi connectivity index (χ1v) is 15.1. The molecule has 4 aromatic rings. The minimum Gasteiger partial charge on any atom is -0.444 e. The lowest BCUT2D eigenvalue weighted by atomic mass is 10.0. The van der Waals surface area contributed by atoms with Gasteiger partial charge < -0.3 is 25.2 Å². The number of carbonyl (C=O) groups excluding carboxylic acids is 2. The number of fused-ring (bicyclic) bond motifs is 1. The number of aromatic nitrogens is 2. The molecular formula is C32H34FN5O5S. The Hall–Kier alpha value is -4.31. The summed E-state index contributed by atoms with van der Waals surface area (Å²) in [7, 11) is 0. The highest BCUT2D eigenvalue weighted by Crippen LogP contribution is 2.42. The standard InChI is InChI=1S/C32H34FN5O5S/c1-32(2,3)43-31(42)36-22-6-5-11-37(16-22)30(41)28-14-24(19-7-9-26(34-4)25(33)13-19)29(44-28)20-8-10-27-21(12-20)15-35-38(27)17-23(40)18-39/h7-10,12-15,22-23,39-40H,5-6,11,16-18H2,1-3H3,(H,36,42)/t22-,23?/m1/s1. The van der Waals surface area contributed by atoms with Crippen LogP contribution in [0.4, 0.5) is 14.9 Å². The second kappa shape index (κ2) is 12.7. The molecule has 2 aromatic heterocycles. The monoisotopic (exact) mass is 619 g/mol. The number of nitrogens with zero attached hydrogens (tertiary/aromatic N) is 4. The minimum atomic E-state index is -0.947. The van der Waals surface area contributed by atoms with Crippen molar-refractivity contribution in [2.24, 2.45) is 0 Å². The number of halogens is 1. The van der Waals surface area contributed by atoms with Crippen molar-refractivity contribution in [3.05, 3.63) is 70.8 Å². The summed E-state index contributed by atoms with van der Waals surface area (Å²) in [6.07, 6.45) is 1.63. The van der Waals surface area contributed by atoms with Crippen LogP contribution < -0.4 is 5.32 Å². The van der Waals surface area contributed by atoms with E-state index in [9.17, 15) is 24.2 Å². The molecule has 2 aromatic carbocycles. The van der Waals surface area contributed by atoms with Gasteiger partial charge in [0.2, 0.25) is 5.69 Å². The van der Waals surface area contributed by atoms with Crippen molar-refractivity contribution in [3.8, 4) is 21.6 Å². The van der Waals surface area contributed by atoms with E-state index in [0.717, 1.165) is 27.8 Å². The number of nitrogens with one attached hydrogen (secondary N) is 1. The summed E-state index contributed by atoms with van der Waals surface area (Å²) in [5.74, 6) is -0.836. The van der Waals surface area contributed by atoms with E-state index in [4.69, 9.17) is 11.3 Å². The van der Waals surface area contributed by atoms with E-state index in [-0.39, 0.29) is 30.8 Å². The highest BCUT2D eigenvalue weighted by atomic mass is 32.1. The van der Waals surface area contributed by atoms with Crippen molar-refractivity contribution in [1.29, 1.82) is 0 Å². The van der Waals surface area contributed by atoms with Crippen LogP contribution >= 0.6 is 11.3 Å². The first-order valence-electron chi connectivity index (χ1n) is 14.3. The summed E-state index contributed by atoms with van der Waals surface area (Å²) in [5.41, 5.74) is 2.02. The molecule has 5 rings (SSSR count). The number of likely N-dealkylation sites (tertiary alicyclic amines) is 1. The van der Waals surface area contributed by atoms with Gasteiger partial charge in [-0.3, -0.25) is 9.48 Å². The average molecular weight is 620 g/mol. The fraction of sp³-hybridized carbons (Fsp3) is 0.375. The van der Waals surface area contributed by atoms with Gasteiger partial charge in [-0.2, -0.15) is 5.10 Å². The van der Waals surface area contributed by atoms with E-state index in [1.807, 2.05) is 18.2 Å². The van der Waals surface area contributed by atoms with Crippen molar-refractivity contribution in [2.75, 3.05) is 19.7 Å². The van der Waals surface area contributed by atoms with Gasteiger partial charge in [-0.05, 0) is 69.0 Å². The zero-order chi connectivity index (χ0) is 31.6. The average Bonchev–Trinajstić information content (AvgIpc) is 3.60. The summed E-state index contributed by atoms with van der Waals surface area (Å²) < 4.78 is 21.7. The van der Waals surface area contributed by atoms with Gasteiger partial charge in [-0.1, -0.05) is 18.2 Å². The topological polar surface area (TPSA) is 121 Å². The van der Waals surface area contributed by atoms with Crippen molar-refractivity contribution >= 4 is 39.9 Å². The lowest BCUT2D eigenvalue weighted by Crippen LogP contribution is -2.50. The number of thiophene rings is 1. The molecule has 10 nitrogen and oxygen atoms in total. The molecule has 0 saturated carbocycles. The Morgan fingerprint density at radius 3 is 2.70 bits per heavy atom. The van der Waals surface area contributed by atoms with E-state index in [2.05, 4.69) is 15.3 Å². The van der Waals surface area contributed by atoms with Gasteiger partial charge in [0.25, 0.3) is 5.91 Å². The second-order valence-electron chi connectivity index (χ2n) is 11.8. The van der Waals surface area contributed by atoms with E-state index >= 15 is 0 Å². The normalized spacial score (nSPS) is 16.0. The molecule has 1 fully saturated rings. The Morgan fingerprint density at radius 1 is 1.23 bits per heavy atom. The molecule has 3 heterocycles. The Morgan fingerprint density at radius 2 is 2.00 bits per heavy atom. The molecule has 230 valence electrons. The van der Waals surface area contributed by atoms with Gasteiger partial charge in [-0.15, -0.1) is 11.3 Å². The van der Waals surface area contributed by atoms with E-state index in [0.29, 0.717) is 35.5 Å². The summed E-state index contributed by atoms with van der Waals surface area (Å²) >= 11 is 1.29. The van der Waals surface area contributed by atoms with Crippen LogP contribution in [0.1, 0.15) is 43.3 Å². The molecule has 1 unspecified atom stereocenters. The molecule has 1 aliphatic rings. The summed E-state index contributed by atoms with van der Waals surface area (Å²) in [4.78, 5) is 32.3. The number of carbonyl (C=O) groups is 2. The van der Waals surface area contributed by atoms with Crippen LogP contribution in [0, 0.1) is 12.4 Å². The van der Waals surface area contributed by atoms with Crippen LogP contribution in [0.15, 0.2) is 48.7 Å². The smallest absolute Gasteiger partial charge is 0.407 e. The van der Waals surface area contributed by atoms with Gasteiger partial charge in [0.05, 0.1) is 42.4 Å². The number of amides is 2. The summed E-state index contributed by atoms with van der Waals surface area (Å²) in [5, 5.41) is 27.1. The third-order valence-electron chi connectivity index (χ3n) is 7.25. The number of alkyl carbamates (subject to hydrolysis) is 1. The molecule has 12 heteroatoms. The van der Waals surface area contributed by atoms with E-state index in [1.54, 1.807) is 48.7 Å². The lowest BCUT2D eigenvalue weighted by molar-refractivity contribution is 0.0453. The molecule has 0 bridgehead atoms. The Bertz CT molecular complexity index is 1740. The Kier molecular flexibility index (Phi) is 9.01. The quantitative estimate of drug-likeness (QED) is 0.232. The number of ether oxygens (including phenoxy) is 1. The molecule has 1 saturated heterocycles. The van der Waals surface area contributed by atoms with Crippen LogP contribution in [-0.4, -0.2) is 74.3 Å². The SMILES string of the molecule is [C-]#[N+]c1ccc(-c2cc(C(=O)N3CCC[C@@H](NC(=O)OC(C)(C)C)C3)sc2-c2ccc3c(cnn3CC(O)CO)c2)cc1F. The van der Waals surface area contributed by atoms with Gasteiger partial charge >= 0.3 is 6.09 Å². The van der Waals surface area contributed by atoms with E-state index in [1.165, 1.54) is 23.5 Å². The maximum Gasteiger partial charge on any atom is 0.407 e. The predicted molar refractivity (Wildman–Crippen MR) is 166 cm³/mol. The van der Waals surface area contributed by atoms with Crippen molar-refractivity contribution in [3.63, 3.8) is 0 Å². The highest BCUT2D eigenvalue weighted by Gasteiger charge is 2.29. The first-order chi connectivity index (χ1) is 21.0. The summed E-state index contributed by atoms with van der Waals surface area (Å²) in [6.45, 7) is 13.2. The molecular weight excluding hydrogens is 585 g/mol. The number of hydrogen-bond acceptors (Lipinski definition) is 7. The first kappa shape index (κ1) is 31.1. The minimum absolute atomic E-state index is 0.0856. The third-order valence-corrected chi connectivity index (χ3v) is 8.42. The van der Waals surface area contributed by atoms with Gasteiger partial charge in [0.1, 0.15) is 11.4 Å². The highest BCUT2D eigenvalue weighted by molar-refractivity contribution is 7.18. The van der Waals surface area contributed by atoms with Crippen LogP contribution in [0.25, 0.3) is 37.3 Å². The van der Waals surface area contributed by atoms with Crippen LogP contribution in [0.3, 0.4) is 0 Å². The molecule has 1 aliphatic heterocycles. The summed E-state index contributed by atoms with van der Waals surface area (Å²) in [6, 6.07) is 11.6. The molecule has 0 radical (unpaired) electrons. The zero-order valence-corrected chi connectivity index (χ0v) is 25.5. The van der Waals surface area contributed by atoms with E-state index < -0.39 is 23.6 Å². The zero-order valence-electron chi connectivity index (χ0n) is 24.7. The largest absolute Gasteiger partial charge is 0.444 e. The third kappa shape index (κ3) is 6.91. The van der Waals surface area contributed by atoms with Gasteiger partial charge in [0.15, 0.2) is 0 Å². The fourth-order valence-corrected chi connectivity index (χ4v) is 6.38. The number of aliphatic hydroxyl groups excluding tert-OH is 2. The molecule has 2 atom stereocenters. The van der Waals surface area contributed by atoms with Crippen molar-refractivity contribution in [1.82, 2.24) is 20.0 Å². The van der Waals surface area contributed by atoms with Crippen molar-refractivity contribution in [2.45, 2.75) is 57.9 Å². The maximum atomic E-state index is 14.7. The molecule has 0 spiro atoms. The molecule has 0 aliphatic carbocycles. The fourth-order valence-electron chi connectivity index (χ4n) is 5.23. The second-order valence-corrected chi connectivity index (χ2v) is 12.9. The molecule has 44 heavy (non-hydrogen) atoms. The predicted octanol–water partition coefficient (Wildman–Crippen LogP) is 5.60.